The minimum absolute atomic E-state index is 0.0325. The third kappa shape index (κ3) is 4.48. The van der Waals surface area contributed by atoms with E-state index in [1.165, 1.54) is 6.07 Å². The molecule has 2 N–H and O–H groups in total. The first-order chi connectivity index (χ1) is 12.2. The normalized spacial score (nSPS) is 11.3. The molecule has 2 rings (SSSR count). The van der Waals surface area contributed by atoms with Crippen LogP contribution in [-0.2, 0) is 16.1 Å². The molecule has 2 aromatic rings. The Balaban J connectivity index is 2.07. The Bertz CT molecular complexity index is 800. The molecule has 0 aliphatic heterocycles. The monoisotopic (exact) mass is 356 g/mol. The molecule has 138 valence electrons. The summed E-state index contributed by atoms with van der Waals surface area (Å²) in [7, 11) is 0. The molecule has 0 aliphatic carbocycles. The van der Waals surface area contributed by atoms with E-state index in [9.17, 15) is 14.0 Å². The summed E-state index contributed by atoms with van der Waals surface area (Å²) in [5.74, 6) is -1.01. The Morgan fingerprint density at radius 2 is 1.62 bits per heavy atom. The van der Waals surface area contributed by atoms with Gasteiger partial charge in [-0.2, -0.15) is 0 Å². The quantitative estimate of drug-likeness (QED) is 0.761. The fraction of sp³-hybridized carbons (Fsp3) is 0.333. The number of carbonyl (C=O) groups is 2. The average Bonchev–Trinajstić information content (AvgIpc) is 2.60. The van der Waals surface area contributed by atoms with Gasteiger partial charge >= 0.3 is 0 Å². The smallest absolute Gasteiger partial charge is 0.239 e. The van der Waals surface area contributed by atoms with Crippen molar-refractivity contribution in [1.82, 2.24) is 5.32 Å². The Labute approximate surface area is 153 Å². The van der Waals surface area contributed by atoms with Gasteiger partial charge in [-0.05, 0) is 37.5 Å². The summed E-state index contributed by atoms with van der Waals surface area (Å²) in [5, 5.41) is 5.49. The van der Waals surface area contributed by atoms with Gasteiger partial charge in [-0.25, -0.2) is 4.39 Å². The number of carbonyl (C=O) groups excluding carboxylic acids is 2. The number of para-hydroxylation sites is 1. The second-order valence-electron chi connectivity index (χ2n) is 7.10. The van der Waals surface area contributed by atoms with Crippen molar-refractivity contribution in [3.8, 4) is 0 Å². The predicted octanol–water partition coefficient (Wildman–Crippen LogP) is 4.23. The van der Waals surface area contributed by atoms with E-state index in [-0.39, 0.29) is 18.3 Å². The fourth-order valence-electron chi connectivity index (χ4n) is 2.53. The zero-order valence-electron chi connectivity index (χ0n) is 15.6. The molecule has 2 aromatic carbocycles. The highest BCUT2D eigenvalue weighted by Gasteiger charge is 2.36. The molecule has 0 heterocycles. The molecule has 0 unspecified atom stereocenters. The van der Waals surface area contributed by atoms with Crippen molar-refractivity contribution in [1.29, 1.82) is 0 Å². The number of hydrogen-bond acceptors (Lipinski definition) is 2. The summed E-state index contributed by atoms with van der Waals surface area (Å²) in [6, 6.07) is 13.7. The van der Waals surface area contributed by atoms with Gasteiger partial charge in [0.1, 0.15) is 11.2 Å². The van der Waals surface area contributed by atoms with Crippen LogP contribution in [-0.4, -0.2) is 11.8 Å². The third-order valence-corrected chi connectivity index (χ3v) is 4.36. The second-order valence-corrected chi connectivity index (χ2v) is 7.10. The van der Waals surface area contributed by atoms with Crippen LogP contribution in [0.2, 0.25) is 0 Å². The van der Waals surface area contributed by atoms with Crippen LogP contribution in [0.5, 0.6) is 0 Å². The van der Waals surface area contributed by atoms with Crippen molar-refractivity contribution in [2.45, 2.75) is 40.2 Å². The second kappa shape index (κ2) is 8.13. The van der Waals surface area contributed by atoms with Crippen LogP contribution in [0.3, 0.4) is 0 Å². The minimum Gasteiger partial charge on any atom is -0.351 e. The zero-order valence-corrected chi connectivity index (χ0v) is 15.6. The van der Waals surface area contributed by atoms with Gasteiger partial charge in [-0.1, -0.05) is 50.2 Å². The van der Waals surface area contributed by atoms with Crippen LogP contribution in [0.4, 0.5) is 10.1 Å². The first-order valence-electron chi connectivity index (χ1n) is 8.65. The van der Waals surface area contributed by atoms with Gasteiger partial charge in [0.05, 0.1) is 0 Å². The zero-order chi connectivity index (χ0) is 19.3. The highest BCUT2D eigenvalue weighted by atomic mass is 19.1. The van der Waals surface area contributed by atoms with Gasteiger partial charge in [0, 0.05) is 17.8 Å². The van der Waals surface area contributed by atoms with Crippen LogP contribution in [0, 0.1) is 11.2 Å². The molecule has 0 saturated heterocycles. The van der Waals surface area contributed by atoms with Crippen molar-refractivity contribution >= 4 is 17.5 Å². The maximum Gasteiger partial charge on any atom is 0.239 e. The summed E-state index contributed by atoms with van der Waals surface area (Å²) in [5.41, 5.74) is 0.781. The topological polar surface area (TPSA) is 58.2 Å². The van der Waals surface area contributed by atoms with Crippen molar-refractivity contribution < 1.29 is 14.0 Å². The predicted molar refractivity (Wildman–Crippen MR) is 101 cm³/mol. The molecular formula is C21H25FN2O2. The summed E-state index contributed by atoms with van der Waals surface area (Å²) in [6.45, 7) is 7.22. The van der Waals surface area contributed by atoms with Crippen LogP contribution < -0.4 is 10.6 Å². The number of nitrogens with one attached hydrogen (secondary N) is 2. The largest absolute Gasteiger partial charge is 0.351 e. The Morgan fingerprint density at radius 3 is 2.27 bits per heavy atom. The standard InChI is InChI=1S/C21H25FN2O2/c1-14(2)16-10-6-8-12-18(16)24-20(26)21(3,4)19(25)23-13-15-9-5-7-11-17(15)22/h5-12,14H,13H2,1-4H3,(H,23,25)(H,24,26). The minimum atomic E-state index is -1.30. The number of rotatable bonds is 6. The van der Waals surface area contributed by atoms with Gasteiger partial charge in [0.15, 0.2) is 0 Å². The summed E-state index contributed by atoms with van der Waals surface area (Å²) in [6.07, 6.45) is 0. The molecule has 0 radical (unpaired) electrons. The molecule has 0 atom stereocenters. The highest BCUT2D eigenvalue weighted by Crippen LogP contribution is 2.26. The van der Waals surface area contributed by atoms with Gasteiger partial charge in [-0.3, -0.25) is 9.59 Å². The summed E-state index contributed by atoms with van der Waals surface area (Å²) in [4.78, 5) is 25.2. The van der Waals surface area contributed by atoms with Gasteiger partial charge in [0.25, 0.3) is 0 Å². The first kappa shape index (κ1) is 19.6. The van der Waals surface area contributed by atoms with Crippen LogP contribution in [0.15, 0.2) is 48.5 Å². The van der Waals surface area contributed by atoms with Gasteiger partial charge in [-0.15, -0.1) is 0 Å². The SMILES string of the molecule is CC(C)c1ccccc1NC(=O)C(C)(C)C(=O)NCc1ccccc1F. The molecule has 0 aliphatic rings. The Hall–Kier alpha value is -2.69. The van der Waals surface area contributed by atoms with E-state index in [0.717, 1.165) is 5.56 Å². The molecule has 0 saturated carbocycles. The van der Waals surface area contributed by atoms with E-state index in [1.54, 1.807) is 32.0 Å². The molecule has 2 amide bonds. The molecule has 5 heteroatoms. The molecule has 0 fully saturated rings. The van der Waals surface area contributed by atoms with Crippen LogP contribution >= 0.6 is 0 Å². The number of hydrogen-bond donors (Lipinski definition) is 2. The van der Waals surface area contributed by atoms with E-state index >= 15 is 0 Å². The number of halogens is 1. The lowest BCUT2D eigenvalue weighted by molar-refractivity contribution is -0.138. The van der Waals surface area contributed by atoms with E-state index in [4.69, 9.17) is 0 Å². The van der Waals surface area contributed by atoms with Crippen molar-refractivity contribution in [3.63, 3.8) is 0 Å². The first-order valence-corrected chi connectivity index (χ1v) is 8.65. The number of anilines is 1. The average molecular weight is 356 g/mol. The highest BCUT2D eigenvalue weighted by molar-refractivity contribution is 6.10. The van der Waals surface area contributed by atoms with Crippen molar-refractivity contribution in [3.05, 3.63) is 65.5 Å². The van der Waals surface area contributed by atoms with Gasteiger partial charge in [0.2, 0.25) is 11.8 Å². The van der Waals surface area contributed by atoms with Crippen molar-refractivity contribution in [2.24, 2.45) is 5.41 Å². The maximum absolute atomic E-state index is 13.7. The lowest BCUT2D eigenvalue weighted by Crippen LogP contribution is -2.45. The number of amides is 2. The molecule has 26 heavy (non-hydrogen) atoms. The van der Waals surface area contributed by atoms with Gasteiger partial charge < -0.3 is 10.6 Å². The van der Waals surface area contributed by atoms with E-state index in [1.807, 2.05) is 38.1 Å². The molecule has 0 spiro atoms. The van der Waals surface area contributed by atoms with Crippen LogP contribution in [0.25, 0.3) is 0 Å². The molecule has 4 nitrogen and oxygen atoms in total. The lowest BCUT2D eigenvalue weighted by atomic mass is 9.90. The maximum atomic E-state index is 13.7. The summed E-state index contributed by atoms with van der Waals surface area (Å²) >= 11 is 0. The summed E-state index contributed by atoms with van der Waals surface area (Å²) < 4.78 is 13.7. The Morgan fingerprint density at radius 1 is 1.00 bits per heavy atom. The Kier molecular flexibility index (Phi) is 6.14. The van der Waals surface area contributed by atoms with E-state index in [0.29, 0.717) is 11.3 Å². The fourth-order valence-corrected chi connectivity index (χ4v) is 2.53. The number of benzene rings is 2. The molecular weight excluding hydrogens is 331 g/mol. The van der Waals surface area contributed by atoms with Crippen LogP contribution in [0.1, 0.15) is 44.7 Å². The lowest BCUT2D eigenvalue weighted by Gasteiger charge is -2.24. The molecule has 0 bridgehead atoms. The van der Waals surface area contributed by atoms with Crippen molar-refractivity contribution in [2.75, 3.05) is 5.32 Å². The van der Waals surface area contributed by atoms with E-state index < -0.39 is 17.2 Å². The third-order valence-electron chi connectivity index (χ3n) is 4.36. The molecule has 0 aromatic heterocycles. The van der Waals surface area contributed by atoms with E-state index in [2.05, 4.69) is 10.6 Å².